The molecule has 0 fully saturated rings. The molecule has 0 atom stereocenters. The predicted molar refractivity (Wildman–Crippen MR) is 43.7 cm³/mol. The van der Waals surface area contributed by atoms with Crippen LogP contribution in [0.1, 0.15) is 18.2 Å². The van der Waals surface area contributed by atoms with Crippen LogP contribution in [0.3, 0.4) is 0 Å². The van der Waals surface area contributed by atoms with Crippen LogP contribution in [0.4, 0.5) is 0 Å². The van der Waals surface area contributed by atoms with Crippen LogP contribution in [-0.4, -0.2) is 21.7 Å². The van der Waals surface area contributed by atoms with Gasteiger partial charge in [0.25, 0.3) is 0 Å². The van der Waals surface area contributed by atoms with E-state index in [-0.39, 0.29) is 17.0 Å². The average Bonchev–Trinajstić information content (AvgIpc) is 2.17. The average molecular weight is 229 g/mol. The summed E-state index contributed by atoms with van der Waals surface area (Å²) in [6.07, 6.45) is 2.52. The molecule has 0 aromatic carbocycles. The molecular weight excluding hydrogens is 220 g/mol. The van der Waals surface area contributed by atoms with Gasteiger partial charge in [-0.05, 0) is 0 Å². The maximum atomic E-state index is 2.23. The van der Waals surface area contributed by atoms with Gasteiger partial charge >= 0.3 is 72.8 Å². The third kappa shape index (κ3) is 3.37. The fourth-order valence-electron chi connectivity index (χ4n) is 0.803. The van der Waals surface area contributed by atoms with Gasteiger partial charge in [0.1, 0.15) is 0 Å². The first-order chi connectivity index (χ1) is 4.33. The molecule has 0 radical (unpaired) electrons. The minimum atomic E-state index is 0. The van der Waals surface area contributed by atoms with Crippen LogP contribution in [0, 0.1) is 0 Å². The summed E-state index contributed by atoms with van der Waals surface area (Å²) in [5.74, 6) is 0. The van der Waals surface area contributed by atoms with Crippen molar-refractivity contribution >= 4 is 36.1 Å². The second-order valence-electron chi connectivity index (χ2n) is 2.12. The van der Waals surface area contributed by atoms with Crippen molar-refractivity contribution in [1.82, 2.24) is 0 Å². The zero-order valence-corrected chi connectivity index (χ0v) is 9.88. The van der Waals surface area contributed by atoms with Gasteiger partial charge in [-0.25, -0.2) is 0 Å². The Kier molecular flexibility index (Phi) is 6.11. The molecule has 0 nitrogen and oxygen atoms in total. The van der Waals surface area contributed by atoms with Crippen molar-refractivity contribution in [2.45, 2.75) is 19.8 Å². The van der Waals surface area contributed by atoms with Crippen molar-refractivity contribution in [1.29, 1.82) is 0 Å². The van der Waals surface area contributed by atoms with E-state index in [9.17, 15) is 0 Å². The second kappa shape index (κ2) is 5.58. The van der Waals surface area contributed by atoms with E-state index < -0.39 is 0 Å². The molecule has 0 saturated carbocycles. The molecule has 3 heteroatoms. The van der Waals surface area contributed by atoms with Crippen molar-refractivity contribution in [3.8, 4) is 0 Å². The molecule has 0 aliphatic rings. The minimum Gasteiger partial charge on any atom is -1.00 e. The maximum absolute atomic E-state index is 2.23. The van der Waals surface area contributed by atoms with Crippen LogP contribution >= 0.6 is 11.3 Å². The molecule has 1 rings (SSSR count). The van der Waals surface area contributed by atoms with Gasteiger partial charge in [0.15, 0.2) is 0 Å². The van der Waals surface area contributed by atoms with Crippen LogP contribution in [0.25, 0.3) is 0 Å². The monoisotopic (exact) mass is 228 g/mol. The van der Waals surface area contributed by atoms with Gasteiger partial charge in [0, 0.05) is 0 Å². The van der Waals surface area contributed by atoms with E-state index in [1.807, 2.05) is 33.0 Å². The third-order valence-corrected chi connectivity index (χ3v) is 2.88. The first kappa shape index (κ1) is 10.9. The standard InChI is InChI=1S/C7H9S.BrH.Mg/c1-2-4-7-5-3-6-8-7;;/h3,5H,2,4H2,1H3;1H;/q;;+1/p-1. The Morgan fingerprint density at radius 2 is 2.20 bits per heavy atom. The molecule has 0 saturated heterocycles. The fourth-order valence-corrected chi connectivity index (χ4v) is 2.39. The molecule has 0 aliphatic carbocycles. The van der Waals surface area contributed by atoms with E-state index in [2.05, 4.69) is 19.1 Å². The summed E-state index contributed by atoms with van der Waals surface area (Å²) < 4.78 is 1.46. The summed E-state index contributed by atoms with van der Waals surface area (Å²) in [5.41, 5.74) is 0. The molecule has 0 bridgehead atoms. The zero-order chi connectivity index (χ0) is 6.69. The summed E-state index contributed by atoms with van der Waals surface area (Å²) in [6, 6.07) is 4.44. The van der Waals surface area contributed by atoms with E-state index in [0.29, 0.717) is 0 Å². The number of aryl methyl sites for hydroxylation is 1. The SMILES string of the molecule is CCCc1cc[c]([Mg+])s1.[Br-]. The van der Waals surface area contributed by atoms with E-state index in [4.69, 9.17) is 0 Å². The quantitative estimate of drug-likeness (QED) is 0.542. The number of hydrogen-bond acceptors (Lipinski definition) is 1. The summed E-state index contributed by atoms with van der Waals surface area (Å²) in [7, 11) is 0. The van der Waals surface area contributed by atoms with Crippen molar-refractivity contribution in [3.05, 3.63) is 17.0 Å². The van der Waals surface area contributed by atoms with Crippen molar-refractivity contribution < 1.29 is 17.0 Å². The Morgan fingerprint density at radius 1 is 1.50 bits per heavy atom. The Morgan fingerprint density at radius 3 is 2.60 bits per heavy atom. The smallest absolute Gasteiger partial charge is 1.00 e. The maximum Gasteiger partial charge on any atom is -1.00 e. The molecule has 52 valence electrons. The molecule has 1 heterocycles. The molecule has 0 N–H and O–H groups in total. The molecule has 0 unspecified atom stereocenters. The topological polar surface area (TPSA) is 0 Å². The first-order valence-electron chi connectivity index (χ1n) is 3.23. The van der Waals surface area contributed by atoms with E-state index in [0.717, 1.165) is 0 Å². The zero-order valence-electron chi connectivity index (χ0n) is 6.06. The number of hydrogen-bond donors (Lipinski definition) is 0. The molecule has 1 aromatic rings. The van der Waals surface area contributed by atoms with Gasteiger partial charge in [-0.15, -0.1) is 0 Å². The van der Waals surface area contributed by atoms with Crippen LogP contribution < -0.4 is 20.0 Å². The molecule has 0 spiro atoms. The van der Waals surface area contributed by atoms with Crippen LogP contribution in [0.5, 0.6) is 0 Å². The Labute approximate surface area is 89.2 Å². The van der Waals surface area contributed by atoms with Gasteiger partial charge in [0.05, 0.1) is 0 Å². The van der Waals surface area contributed by atoms with Crippen molar-refractivity contribution in [2.24, 2.45) is 0 Å². The summed E-state index contributed by atoms with van der Waals surface area (Å²) in [4.78, 5) is 1.53. The number of rotatable bonds is 2. The largest absolute Gasteiger partial charge is 1.00 e. The number of thiophene rings is 1. The van der Waals surface area contributed by atoms with Crippen LogP contribution in [-0.2, 0) is 6.42 Å². The van der Waals surface area contributed by atoms with Crippen LogP contribution in [0.2, 0.25) is 0 Å². The van der Waals surface area contributed by atoms with Gasteiger partial charge in [-0.1, -0.05) is 0 Å². The van der Waals surface area contributed by atoms with E-state index in [1.165, 1.54) is 20.7 Å². The second-order valence-corrected chi connectivity index (χ2v) is 4.65. The minimum absolute atomic E-state index is 0. The van der Waals surface area contributed by atoms with Crippen molar-refractivity contribution in [2.75, 3.05) is 0 Å². The fraction of sp³-hybridized carbons (Fsp3) is 0.429. The van der Waals surface area contributed by atoms with Crippen LogP contribution in [0.15, 0.2) is 12.1 Å². The predicted octanol–water partition coefficient (Wildman–Crippen LogP) is -1.50. The molecule has 10 heavy (non-hydrogen) atoms. The summed E-state index contributed by atoms with van der Waals surface area (Å²) in [5, 5.41) is 0. The summed E-state index contributed by atoms with van der Waals surface area (Å²) >= 11 is 3.89. The van der Waals surface area contributed by atoms with E-state index in [1.54, 1.807) is 0 Å². The van der Waals surface area contributed by atoms with Crippen molar-refractivity contribution in [3.63, 3.8) is 0 Å². The van der Waals surface area contributed by atoms with Gasteiger partial charge in [0.2, 0.25) is 0 Å². The molecule has 0 amide bonds. The van der Waals surface area contributed by atoms with Gasteiger partial charge in [-0.2, -0.15) is 0 Å². The molecular formula is C7H9BrMgS. The van der Waals surface area contributed by atoms with Gasteiger partial charge in [-0.3, -0.25) is 0 Å². The Hall–Kier alpha value is 0.946. The third-order valence-electron chi connectivity index (χ3n) is 1.21. The molecule has 1 aromatic heterocycles. The first-order valence-corrected chi connectivity index (χ1v) is 4.76. The van der Waals surface area contributed by atoms with Gasteiger partial charge < -0.3 is 17.0 Å². The Balaban J connectivity index is 0.000000810. The Bertz CT molecular complexity index is 185. The molecule has 0 aliphatic heterocycles. The van der Waals surface area contributed by atoms with E-state index >= 15 is 0 Å². The normalized spacial score (nSPS) is 9.10. The summed E-state index contributed by atoms with van der Waals surface area (Å²) in [6.45, 7) is 2.22. The number of halogens is 1.